The van der Waals surface area contributed by atoms with Crippen LogP contribution < -0.4 is 9.50 Å². The highest BCUT2D eigenvalue weighted by molar-refractivity contribution is 7.81. The Kier molecular flexibility index (Phi) is 5.88. The molecule has 1 heterocycles. The number of nitrogens with one attached hydrogen (secondary N) is 1. The Bertz CT molecular complexity index is 789. The zero-order valence-corrected chi connectivity index (χ0v) is 13.6. The number of benzene rings is 1. The van der Waals surface area contributed by atoms with E-state index >= 15 is 0 Å². The van der Waals surface area contributed by atoms with Crippen molar-refractivity contribution in [3.63, 3.8) is 0 Å². The molecule has 0 saturated heterocycles. The van der Waals surface area contributed by atoms with E-state index in [4.69, 9.17) is 4.74 Å². The normalized spacial score (nSPS) is 11.2. The zero-order chi connectivity index (χ0) is 17.6. The third kappa shape index (κ3) is 5.63. The minimum Gasteiger partial charge on any atom is -0.385 e. The number of nitrogens with zero attached hydrogens (tertiary/aromatic N) is 2. The predicted molar refractivity (Wildman–Crippen MR) is 83.8 cm³/mol. The average Bonchev–Trinajstić information content (AvgIpc) is 2.97. The van der Waals surface area contributed by atoms with Crippen LogP contribution in [0, 0.1) is 0 Å². The Hall–Kier alpha value is -2.46. The molecule has 24 heavy (non-hydrogen) atoms. The van der Waals surface area contributed by atoms with Gasteiger partial charge < -0.3 is 14.2 Å². The van der Waals surface area contributed by atoms with Crippen molar-refractivity contribution in [3.05, 3.63) is 42.2 Å². The lowest BCUT2D eigenvalue weighted by molar-refractivity contribution is 0.102. The van der Waals surface area contributed by atoms with Gasteiger partial charge in [0.2, 0.25) is 0 Å². The van der Waals surface area contributed by atoms with Gasteiger partial charge in [0.05, 0.1) is 11.8 Å². The van der Waals surface area contributed by atoms with Gasteiger partial charge >= 0.3 is 10.5 Å². The lowest BCUT2D eigenvalue weighted by atomic mass is 10.2. The van der Waals surface area contributed by atoms with Crippen LogP contribution in [0.15, 0.2) is 36.7 Å². The standard InChI is InChI=1S/C14H16FN3O5S/c1-22-8-2-7-18-10-11(9-16-18)14(19)17-12-3-5-13(6-4-12)23-24(15,20)21/h3-6,9-10H,2,7-8H2,1H3,(H,17,19). The monoisotopic (exact) mass is 357 g/mol. The van der Waals surface area contributed by atoms with E-state index in [0.29, 0.717) is 24.4 Å². The first-order valence-corrected chi connectivity index (χ1v) is 8.25. The van der Waals surface area contributed by atoms with E-state index in [9.17, 15) is 17.1 Å². The summed E-state index contributed by atoms with van der Waals surface area (Å²) in [5.74, 6) is -0.568. The highest BCUT2D eigenvalue weighted by atomic mass is 32.3. The number of hydrogen-bond donors (Lipinski definition) is 1. The van der Waals surface area contributed by atoms with Crippen molar-refractivity contribution in [3.8, 4) is 5.75 Å². The third-order valence-electron chi connectivity index (χ3n) is 2.94. The average molecular weight is 357 g/mol. The topological polar surface area (TPSA) is 99.5 Å². The second-order valence-corrected chi connectivity index (χ2v) is 5.75. The number of halogens is 1. The number of anilines is 1. The number of rotatable bonds is 8. The lowest BCUT2D eigenvalue weighted by Gasteiger charge is -2.05. The first-order chi connectivity index (χ1) is 11.4. The van der Waals surface area contributed by atoms with Crippen LogP contribution in [0.5, 0.6) is 5.75 Å². The van der Waals surface area contributed by atoms with Crippen molar-refractivity contribution in [1.82, 2.24) is 9.78 Å². The van der Waals surface area contributed by atoms with Crippen LogP contribution >= 0.6 is 0 Å². The largest absolute Gasteiger partial charge is 0.488 e. The van der Waals surface area contributed by atoms with Crippen LogP contribution in [-0.2, 0) is 21.8 Å². The maximum absolute atomic E-state index is 12.4. The van der Waals surface area contributed by atoms with Crippen molar-refractivity contribution in [2.45, 2.75) is 13.0 Å². The first kappa shape index (κ1) is 17.9. The molecule has 10 heteroatoms. The molecular weight excluding hydrogens is 341 g/mol. The maximum atomic E-state index is 12.4. The fourth-order valence-corrected chi connectivity index (χ4v) is 2.23. The van der Waals surface area contributed by atoms with Crippen LogP contribution in [0.1, 0.15) is 16.8 Å². The van der Waals surface area contributed by atoms with Crippen molar-refractivity contribution < 1.29 is 26.0 Å². The van der Waals surface area contributed by atoms with E-state index < -0.39 is 10.5 Å². The molecule has 0 saturated carbocycles. The number of aromatic nitrogens is 2. The molecule has 0 unspecified atom stereocenters. The fourth-order valence-electron chi connectivity index (χ4n) is 1.89. The van der Waals surface area contributed by atoms with E-state index in [1.165, 1.54) is 30.5 Å². The van der Waals surface area contributed by atoms with Crippen molar-refractivity contribution >= 4 is 22.1 Å². The van der Waals surface area contributed by atoms with Gasteiger partial charge in [-0.25, -0.2) is 0 Å². The van der Waals surface area contributed by atoms with Crippen molar-refractivity contribution in [2.75, 3.05) is 19.0 Å². The number of carbonyl (C=O) groups excluding carboxylic acids is 1. The summed E-state index contributed by atoms with van der Waals surface area (Å²) >= 11 is 0. The highest BCUT2D eigenvalue weighted by Gasteiger charge is 2.11. The summed E-state index contributed by atoms with van der Waals surface area (Å²) in [6, 6.07) is 5.23. The second kappa shape index (κ2) is 7.88. The highest BCUT2D eigenvalue weighted by Crippen LogP contribution is 2.18. The number of hydrogen-bond acceptors (Lipinski definition) is 6. The Morgan fingerprint density at radius 3 is 2.67 bits per heavy atom. The van der Waals surface area contributed by atoms with Gasteiger partial charge in [0.1, 0.15) is 5.75 Å². The fraction of sp³-hybridized carbons (Fsp3) is 0.286. The van der Waals surface area contributed by atoms with Crippen LogP contribution in [0.25, 0.3) is 0 Å². The minimum absolute atomic E-state index is 0.193. The molecule has 0 bridgehead atoms. The number of ether oxygens (including phenoxy) is 1. The van der Waals surface area contributed by atoms with Crippen LogP contribution in [-0.4, -0.2) is 37.8 Å². The Labute approximate surface area is 138 Å². The van der Waals surface area contributed by atoms with Gasteiger partial charge in [-0.3, -0.25) is 9.48 Å². The Morgan fingerprint density at radius 2 is 2.04 bits per heavy atom. The summed E-state index contributed by atoms with van der Waals surface area (Å²) < 4.78 is 43.8. The van der Waals surface area contributed by atoms with Crippen molar-refractivity contribution in [2.24, 2.45) is 0 Å². The van der Waals surface area contributed by atoms with E-state index in [1.54, 1.807) is 18.0 Å². The molecule has 0 aliphatic heterocycles. The second-order valence-electron chi connectivity index (χ2n) is 4.79. The molecule has 0 atom stereocenters. The smallest absolute Gasteiger partial charge is 0.385 e. The van der Waals surface area contributed by atoms with Gasteiger partial charge in [-0.15, -0.1) is 0 Å². The molecule has 0 fully saturated rings. The van der Waals surface area contributed by atoms with Gasteiger partial charge in [0, 0.05) is 32.1 Å². The molecule has 0 spiro atoms. The molecule has 1 N–H and O–H groups in total. The molecule has 2 rings (SSSR count). The maximum Gasteiger partial charge on any atom is 0.488 e. The zero-order valence-electron chi connectivity index (χ0n) is 12.8. The summed E-state index contributed by atoms with van der Waals surface area (Å²) in [7, 11) is -3.46. The summed E-state index contributed by atoms with van der Waals surface area (Å²) in [5, 5.41) is 6.69. The van der Waals surface area contributed by atoms with E-state index in [-0.39, 0.29) is 11.7 Å². The molecule has 1 aromatic heterocycles. The van der Waals surface area contributed by atoms with Crippen LogP contribution in [0.4, 0.5) is 9.57 Å². The summed E-state index contributed by atoms with van der Waals surface area (Å²) in [6.45, 7) is 1.23. The predicted octanol–water partition coefficient (Wildman–Crippen LogP) is 1.77. The molecule has 8 nitrogen and oxygen atoms in total. The number of carbonyl (C=O) groups is 1. The lowest BCUT2D eigenvalue weighted by Crippen LogP contribution is -2.11. The molecule has 1 amide bonds. The van der Waals surface area contributed by atoms with E-state index in [2.05, 4.69) is 14.6 Å². The number of methoxy groups -OCH3 is 1. The SMILES string of the molecule is COCCCn1cc(C(=O)Nc2ccc(OS(=O)(=O)F)cc2)cn1. The Balaban J connectivity index is 1.94. The summed E-state index contributed by atoms with van der Waals surface area (Å²) in [4.78, 5) is 12.1. The van der Waals surface area contributed by atoms with Gasteiger partial charge in [-0.1, -0.05) is 3.89 Å². The van der Waals surface area contributed by atoms with Crippen LogP contribution in [0.3, 0.4) is 0 Å². The molecule has 130 valence electrons. The molecule has 1 aromatic carbocycles. The molecule has 0 aliphatic rings. The van der Waals surface area contributed by atoms with Gasteiger partial charge in [-0.2, -0.15) is 13.5 Å². The molecule has 0 aliphatic carbocycles. The molecular formula is C14H16FN3O5S. The van der Waals surface area contributed by atoms with E-state index in [1.807, 2.05) is 0 Å². The minimum atomic E-state index is -5.07. The number of amides is 1. The van der Waals surface area contributed by atoms with Gasteiger partial charge in [-0.05, 0) is 30.7 Å². The first-order valence-electron chi connectivity index (χ1n) is 6.94. The van der Waals surface area contributed by atoms with Gasteiger partial charge in [0.15, 0.2) is 0 Å². The Morgan fingerprint density at radius 1 is 1.33 bits per heavy atom. The summed E-state index contributed by atoms with van der Waals surface area (Å²) in [5.41, 5.74) is 0.773. The third-order valence-corrected chi connectivity index (χ3v) is 3.33. The number of aryl methyl sites for hydroxylation is 1. The summed E-state index contributed by atoms with van der Waals surface area (Å²) in [6.07, 6.45) is 3.83. The molecule has 0 radical (unpaired) electrons. The molecule has 2 aromatic rings. The van der Waals surface area contributed by atoms with E-state index in [0.717, 1.165) is 6.42 Å². The van der Waals surface area contributed by atoms with Crippen molar-refractivity contribution in [1.29, 1.82) is 0 Å². The van der Waals surface area contributed by atoms with Crippen LogP contribution in [0.2, 0.25) is 0 Å². The quantitative estimate of drug-likeness (QED) is 0.571. The van der Waals surface area contributed by atoms with Gasteiger partial charge in [0.25, 0.3) is 5.91 Å².